The minimum Gasteiger partial charge on any atom is -0.468 e. The van der Waals surface area contributed by atoms with Crippen LogP contribution in [0.5, 0.6) is 0 Å². The minimum atomic E-state index is 0.0497. The number of aromatic amines is 1. The summed E-state index contributed by atoms with van der Waals surface area (Å²) in [6.07, 6.45) is 3.70. The van der Waals surface area contributed by atoms with Crippen LogP contribution >= 0.6 is 0 Å². The first kappa shape index (κ1) is 17.9. The lowest BCUT2D eigenvalue weighted by atomic mass is 9.97. The van der Waals surface area contributed by atoms with Gasteiger partial charge in [0.25, 0.3) is 0 Å². The third kappa shape index (κ3) is 3.93. The number of furan rings is 1. The van der Waals surface area contributed by atoms with Gasteiger partial charge in [0, 0.05) is 29.7 Å². The maximum Gasteiger partial charge on any atom is 0.224 e. The number of nitrogens with one attached hydrogen (secondary N) is 2. The van der Waals surface area contributed by atoms with Crippen LogP contribution in [0.2, 0.25) is 0 Å². The lowest BCUT2D eigenvalue weighted by molar-refractivity contribution is -0.127. The van der Waals surface area contributed by atoms with Crippen molar-refractivity contribution in [3.63, 3.8) is 0 Å². The van der Waals surface area contributed by atoms with E-state index in [1.54, 1.807) is 6.26 Å². The number of piperidine rings is 1. The van der Waals surface area contributed by atoms with Crippen molar-refractivity contribution in [1.82, 2.24) is 15.2 Å². The molecule has 0 bridgehead atoms. The van der Waals surface area contributed by atoms with Crippen LogP contribution in [0.3, 0.4) is 0 Å². The molecule has 1 aliphatic heterocycles. The second-order valence-electron chi connectivity index (χ2n) is 7.63. The highest BCUT2D eigenvalue weighted by Crippen LogP contribution is 2.23. The van der Waals surface area contributed by atoms with Gasteiger partial charge in [-0.3, -0.25) is 9.69 Å². The highest BCUT2D eigenvalue weighted by atomic mass is 16.3. The molecule has 2 N–H and O–H groups in total. The molecular formula is C22H27N3O2. The third-order valence-electron chi connectivity index (χ3n) is 5.68. The van der Waals surface area contributed by atoms with E-state index in [2.05, 4.69) is 47.2 Å². The van der Waals surface area contributed by atoms with Crippen molar-refractivity contribution in [2.24, 2.45) is 5.92 Å². The number of nitrogens with zero attached hydrogens (tertiary/aromatic N) is 1. The Kier molecular flexibility index (Phi) is 5.03. The van der Waals surface area contributed by atoms with Crippen LogP contribution in [0.4, 0.5) is 0 Å². The lowest BCUT2D eigenvalue weighted by Gasteiger charge is -2.31. The van der Waals surface area contributed by atoms with Gasteiger partial charge in [0.15, 0.2) is 0 Å². The zero-order valence-electron chi connectivity index (χ0n) is 16.0. The van der Waals surface area contributed by atoms with Gasteiger partial charge in [-0.2, -0.15) is 0 Å². The van der Waals surface area contributed by atoms with Crippen LogP contribution in [0, 0.1) is 19.8 Å². The summed E-state index contributed by atoms with van der Waals surface area (Å²) in [5.41, 5.74) is 4.77. The number of carbonyl (C=O) groups is 1. The molecule has 1 unspecified atom stereocenters. The fourth-order valence-corrected chi connectivity index (χ4v) is 3.99. The summed E-state index contributed by atoms with van der Waals surface area (Å²) in [7, 11) is 0. The molecule has 1 aliphatic rings. The van der Waals surface area contributed by atoms with Gasteiger partial charge in [0.1, 0.15) is 5.76 Å². The molecule has 1 atom stereocenters. The molecule has 0 spiro atoms. The van der Waals surface area contributed by atoms with Crippen molar-refractivity contribution in [2.75, 3.05) is 13.1 Å². The second-order valence-corrected chi connectivity index (χ2v) is 7.63. The monoisotopic (exact) mass is 365 g/mol. The highest BCUT2D eigenvalue weighted by molar-refractivity contribution is 5.85. The lowest BCUT2D eigenvalue weighted by Crippen LogP contribution is -2.42. The van der Waals surface area contributed by atoms with Gasteiger partial charge < -0.3 is 14.7 Å². The molecule has 5 heteroatoms. The number of aromatic nitrogens is 1. The van der Waals surface area contributed by atoms with E-state index in [0.29, 0.717) is 6.54 Å². The molecule has 1 saturated heterocycles. The molecule has 0 saturated carbocycles. The van der Waals surface area contributed by atoms with Gasteiger partial charge in [-0.25, -0.2) is 0 Å². The number of aryl methyl sites for hydroxylation is 2. The summed E-state index contributed by atoms with van der Waals surface area (Å²) >= 11 is 0. The smallest absolute Gasteiger partial charge is 0.224 e. The SMILES string of the molecule is Cc1[nH]c2ccc(CNC(=O)C3CCCN(Cc4ccco4)C3)cc2c1C. The normalized spacial score (nSPS) is 18.1. The third-order valence-corrected chi connectivity index (χ3v) is 5.68. The predicted octanol–water partition coefficient (Wildman–Crippen LogP) is 3.91. The van der Waals surface area contributed by atoms with Crippen molar-refractivity contribution in [1.29, 1.82) is 0 Å². The molecule has 0 aliphatic carbocycles. The summed E-state index contributed by atoms with van der Waals surface area (Å²) in [4.78, 5) is 18.4. The quantitative estimate of drug-likeness (QED) is 0.721. The average Bonchev–Trinajstić information content (AvgIpc) is 3.28. The average molecular weight is 365 g/mol. The number of hydrogen-bond donors (Lipinski definition) is 2. The van der Waals surface area contributed by atoms with Crippen LogP contribution in [-0.4, -0.2) is 28.9 Å². The van der Waals surface area contributed by atoms with Crippen LogP contribution in [0.15, 0.2) is 41.0 Å². The molecule has 0 radical (unpaired) electrons. The molecule has 1 aromatic carbocycles. The Morgan fingerprint density at radius 1 is 1.33 bits per heavy atom. The van der Waals surface area contributed by atoms with Gasteiger partial charge in [-0.15, -0.1) is 0 Å². The largest absolute Gasteiger partial charge is 0.468 e. The van der Waals surface area contributed by atoms with Gasteiger partial charge in [0.05, 0.1) is 18.7 Å². The number of likely N-dealkylation sites (tertiary alicyclic amines) is 1. The van der Waals surface area contributed by atoms with E-state index < -0.39 is 0 Å². The number of rotatable bonds is 5. The van der Waals surface area contributed by atoms with E-state index in [1.165, 1.54) is 16.6 Å². The van der Waals surface area contributed by atoms with E-state index in [4.69, 9.17) is 4.42 Å². The minimum absolute atomic E-state index is 0.0497. The van der Waals surface area contributed by atoms with Crippen LogP contribution in [-0.2, 0) is 17.9 Å². The first-order valence-electron chi connectivity index (χ1n) is 9.70. The summed E-state index contributed by atoms with van der Waals surface area (Å²) in [6.45, 7) is 7.39. The molecule has 4 rings (SSSR count). The fraction of sp³-hybridized carbons (Fsp3) is 0.409. The van der Waals surface area contributed by atoms with Crippen molar-refractivity contribution < 1.29 is 9.21 Å². The number of amides is 1. The fourth-order valence-electron chi connectivity index (χ4n) is 3.99. The Hall–Kier alpha value is -2.53. The molecule has 1 fully saturated rings. The van der Waals surface area contributed by atoms with Crippen molar-refractivity contribution in [2.45, 2.75) is 39.8 Å². The maximum absolute atomic E-state index is 12.7. The summed E-state index contributed by atoms with van der Waals surface area (Å²) in [5.74, 6) is 1.16. The van der Waals surface area contributed by atoms with E-state index in [9.17, 15) is 4.79 Å². The Morgan fingerprint density at radius 3 is 3.04 bits per heavy atom. The standard InChI is InChI=1S/C22H27N3O2/c1-15-16(2)24-21-8-7-17(11-20(15)21)12-23-22(26)18-5-3-9-25(13-18)14-19-6-4-10-27-19/h4,6-8,10-11,18,24H,3,5,9,12-14H2,1-2H3,(H,23,26). The van der Waals surface area contributed by atoms with Crippen LogP contribution in [0.25, 0.3) is 10.9 Å². The number of fused-ring (bicyclic) bond motifs is 1. The molecule has 2 aromatic heterocycles. The molecule has 5 nitrogen and oxygen atoms in total. The Morgan fingerprint density at radius 2 is 2.22 bits per heavy atom. The Bertz CT molecular complexity index is 927. The zero-order chi connectivity index (χ0) is 18.8. The zero-order valence-corrected chi connectivity index (χ0v) is 16.0. The molecule has 3 heterocycles. The molecule has 1 amide bonds. The topological polar surface area (TPSA) is 61.3 Å². The molecule has 142 valence electrons. The highest BCUT2D eigenvalue weighted by Gasteiger charge is 2.26. The summed E-state index contributed by atoms with van der Waals surface area (Å²) < 4.78 is 5.44. The van der Waals surface area contributed by atoms with E-state index >= 15 is 0 Å². The van der Waals surface area contributed by atoms with Gasteiger partial charge >= 0.3 is 0 Å². The van der Waals surface area contributed by atoms with Crippen molar-refractivity contribution in [3.8, 4) is 0 Å². The van der Waals surface area contributed by atoms with Crippen molar-refractivity contribution >= 4 is 16.8 Å². The van der Waals surface area contributed by atoms with Crippen LogP contribution in [0.1, 0.15) is 35.4 Å². The summed E-state index contributed by atoms with van der Waals surface area (Å²) in [6, 6.07) is 10.3. The van der Waals surface area contributed by atoms with Crippen LogP contribution < -0.4 is 5.32 Å². The van der Waals surface area contributed by atoms with E-state index in [-0.39, 0.29) is 11.8 Å². The van der Waals surface area contributed by atoms with Gasteiger partial charge in [0.2, 0.25) is 5.91 Å². The van der Waals surface area contributed by atoms with Gasteiger partial charge in [-0.1, -0.05) is 6.07 Å². The Labute approximate surface area is 159 Å². The molecule has 27 heavy (non-hydrogen) atoms. The number of H-pyrrole nitrogens is 1. The van der Waals surface area contributed by atoms with Crippen molar-refractivity contribution in [3.05, 3.63) is 59.2 Å². The first-order chi connectivity index (χ1) is 13.1. The Balaban J connectivity index is 1.35. The van der Waals surface area contributed by atoms with Gasteiger partial charge in [-0.05, 0) is 68.6 Å². The molecular weight excluding hydrogens is 338 g/mol. The molecule has 3 aromatic rings. The predicted molar refractivity (Wildman–Crippen MR) is 106 cm³/mol. The number of benzene rings is 1. The second kappa shape index (κ2) is 7.61. The van der Waals surface area contributed by atoms with E-state index in [0.717, 1.165) is 49.3 Å². The summed E-state index contributed by atoms with van der Waals surface area (Å²) in [5, 5.41) is 4.38. The number of hydrogen-bond acceptors (Lipinski definition) is 3. The van der Waals surface area contributed by atoms with E-state index in [1.807, 2.05) is 12.1 Å². The maximum atomic E-state index is 12.7. The number of carbonyl (C=O) groups excluding carboxylic acids is 1. The first-order valence-corrected chi connectivity index (χ1v) is 9.70.